The van der Waals surface area contributed by atoms with Gasteiger partial charge in [-0.15, -0.1) is 0 Å². The predicted molar refractivity (Wildman–Crippen MR) is 72.8 cm³/mol. The first kappa shape index (κ1) is 14.0. The maximum atomic E-state index is 6.03. The minimum absolute atomic E-state index is 0.421. The van der Waals surface area contributed by atoms with Crippen LogP contribution in [0.3, 0.4) is 0 Å². The lowest BCUT2D eigenvalue weighted by atomic mass is 10.1. The fraction of sp³-hybridized carbons (Fsp3) is 0.857. The zero-order chi connectivity index (χ0) is 12.8. The fourth-order valence-corrected chi connectivity index (χ4v) is 2.82. The standard InChI is InChI=1S/C14H26N2O2/c1-15-9-13-3-4-14(18-13)10-16-7-5-12(6-8-16)11-17-2/h5,13-15H,3-4,6-11H2,1-2H3. The van der Waals surface area contributed by atoms with Gasteiger partial charge in [-0.1, -0.05) is 6.08 Å². The molecule has 1 N–H and O–H groups in total. The van der Waals surface area contributed by atoms with Gasteiger partial charge in [0.25, 0.3) is 0 Å². The second-order valence-corrected chi connectivity index (χ2v) is 5.32. The van der Waals surface area contributed by atoms with Gasteiger partial charge in [0, 0.05) is 33.3 Å². The first-order valence-electron chi connectivity index (χ1n) is 7.01. The van der Waals surface area contributed by atoms with Gasteiger partial charge >= 0.3 is 0 Å². The number of nitrogens with zero attached hydrogens (tertiary/aromatic N) is 1. The Balaban J connectivity index is 1.69. The van der Waals surface area contributed by atoms with Gasteiger partial charge in [0.2, 0.25) is 0 Å². The van der Waals surface area contributed by atoms with Crippen molar-refractivity contribution in [2.45, 2.75) is 31.5 Å². The average molecular weight is 254 g/mol. The zero-order valence-corrected chi connectivity index (χ0v) is 11.7. The number of rotatable bonds is 6. The lowest BCUT2D eigenvalue weighted by Crippen LogP contribution is -2.36. The second-order valence-electron chi connectivity index (χ2n) is 5.32. The lowest BCUT2D eigenvalue weighted by Gasteiger charge is -2.28. The SMILES string of the molecule is CNCC1CCC(CN2CC=C(COC)CC2)O1. The van der Waals surface area contributed by atoms with E-state index in [0.29, 0.717) is 12.2 Å². The summed E-state index contributed by atoms with van der Waals surface area (Å²) in [6.07, 6.45) is 6.71. The molecule has 0 spiro atoms. The van der Waals surface area contributed by atoms with Crippen LogP contribution in [0.15, 0.2) is 11.6 Å². The van der Waals surface area contributed by atoms with E-state index in [4.69, 9.17) is 9.47 Å². The molecule has 2 aliphatic heterocycles. The van der Waals surface area contributed by atoms with E-state index in [9.17, 15) is 0 Å². The van der Waals surface area contributed by atoms with Gasteiger partial charge in [-0.2, -0.15) is 0 Å². The number of hydrogen-bond donors (Lipinski definition) is 1. The summed E-state index contributed by atoms with van der Waals surface area (Å²) in [5.74, 6) is 0. The Labute approximate surface area is 110 Å². The monoisotopic (exact) mass is 254 g/mol. The summed E-state index contributed by atoms with van der Waals surface area (Å²) < 4.78 is 11.2. The van der Waals surface area contributed by atoms with Crippen molar-refractivity contribution in [1.29, 1.82) is 0 Å². The van der Waals surface area contributed by atoms with Crippen LogP contribution in [-0.4, -0.2) is 64.1 Å². The maximum Gasteiger partial charge on any atom is 0.0707 e. The molecule has 0 saturated carbocycles. The third-order valence-electron chi connectivity index (χ3n) is 3.81. The van der Waals surface area contributed by atoms with Crippen LogP contribution < -0.4 is 5.32 Å². The summed E-state index contributed by atoms with van der Waals surface area (Å²) in [6.45, 7) is 5.05. The summed E-state index contributed by atoms with van der Waals surface area (Å²) >= 11 is 0. The summed E-state index contributed by atoms with van der Waals surface area (Å²) in [6, 6.07) is 0. The highest BCUT2D eigenvalue weighted by Crippen LogP contribution is 2.21. The third kappa shape index (κ3) is 4.05. The van der Waals surface area contributed by atoms with Gasteiger partial charge in [-0.25, -0.2) is 0 Å². The van der Waals surface area contributed by atoms with Gasteiger partial charge < -0.3 is 14.8 Å². The van der Waals surface area contributed by atoms with Gasteiger partial charge in [-0.05, 0) is 31.9 Å². The van der Waals surface area contributed by atoms with Crippen molar-refractivity contribution in [3.8, 4) is 0 Å². The van der Waals surface area contributed by atoms with Gasteiger partial charge in [0.15, 0.2) is 0 Å². The molecule has 0 aromatic rings. The van der Waals surface area contributed by atoms with Gasteiger partial charge in [-0.3, -0.25) is 4.90 Å². The smallest absolute Gasteiger partial charge is 0.0707 e. The van der Waals surface area contributed by atoms with Crippen LogP contribution in [0.4, 0.5) is 0 Å². The molecule has 0 bridgehead atoms. The Kier molecular flexibility index (Phi) is 5.63. The largest absolute Gasteiger partial charge is 0.380 e. The molecule has 1 saturated heterocycles. The van der Waals surface area contributed by atoms with Crippen LogP contribution in [-0.2, 0) is 9.47 Å². The van der Waals surface area contributed by atoms with Crippen molar-refractivity contribution >= 4 is 0 Å². The second kappa shape index (κ2) is 7.24. The summed E-state index contributed by atoms with van der Waals surface area (Å²) in [5.41, 5.74) is 1.44. The topological polar surface area (TPSA) is 33.7 Å². The maximum absolute atomic E-state index is 6.03. The Morgan fingerprint density at radius 3 is 2.94 bits per heavy atom. The van der Waals surface area contributed by atoms with Crippen molar-refractivity contribution in [3.05, 3.63) is 11.6 Å². The van der Waals surface area contributed by atoms with Crippen LogP contribution in [0.1, 0.15) is 19.3 Å². The van der Waals surface area contributed by atoms with E-state index in [0.717, 1.165) is 39.2 Å². The molecule has 4 heteroatoms. The van der Waals surface area contributed by atoms with Crippen LogP contribution in [0.5, 0.6) is 0 Å². The highest BCUT2D eigenvalue weighted by Gasteiger charge is 2.26. The molecule has 2 heterocycles. The highest BCUT2D eigenvalue weighted by atomic mass is 16.5. The third-order valence-corrected chi connectivity index (χ3v) is 3.81. The van der Waals surface area contributed by atoms with E-state index in [1.54, 1.807) is 7.11 Å². The van der Waals surface area contributed by atoms with Crippen molar-refractivity contribution < 1.29 is 9.47 Å². The normalized spacial score (nSPS) is 29.6. The molecular formula is C14H26N2O2. The van der Waals surface area contributed by atoms with Crippen molar-refractivity contribution in [3.63, 3.8) is 0 Å². The lowest BCUT2D eigenvalue weighted by molar-refractivity contribution is 0.0254. The number of likely N-dealkylation sites (N-methyl/N-ethyl adjacent to an activating group) is 1. The number of nitrogens with one attached hydrogen (secondary N) is 1. The van der Waals surface area contributed by atoms with E-state index < -0.39 is 0 Å². The van der Waals surface area contributed by atoms with Gasteiger partial charge in [0.05, 0.1) is 18.8 Å². The average Bonchev–Trinajstić information content (AvgIpc) is 2.80. The van der Waals surface area contributed by atoms with Gasteiger partial charge in [0.1, 0.15) is 0 Å². The quantitative estimate of drug-likeness (QED) is 0.718. The molecule has 0 amide bonds. The summed E-state index contributed by atoms with van der Waals surface area (Å²) in [4.78, 5) is 2.49. The van der Waals surface area contributed by atoms with E-state index >= 15 is 0 Å². The zero-order valence-electron chi connectivity index (χ0n) is 11.7. The molecule has 0 aromatic carbocycles. The van der Waals surface area contributed by atoms with Crippen LogP contribution in [0, 0.1) is 0 Å². The molecule has 2 atom stereocenters. The molecule has 4 nitrogen and oxygen atoms in total. The minimum atomic E-state index is 0.421. The Bertz CT molecular complexity index is 281. The molecule has 0 aromatic heterocycles. The predicted octanol–water partition coefficient (Wildman–Crippen LogP) is 1.03. The summed E-state index contributed by atoms with van der Waals surface area (Å²) in [7, 11) is 3.75. The van der Waals surface area contributed by atoms with E-state index in [2.05, 4.69) is 16.3 Å². The van der Waals surface area contributed by atoms with Crippen molar-refractivity contribution in [1.82, 2.24) is 10.2 Å². The Morgan fingerprint density at radius 1 is 1.44 bits per heavy atom. The molecule has 1 fully saturated rings. The van der Waals surface area contributed by atoms with Crippen LogP contribution in [0.2, 0.25) is 0 Å². The molecule has 0 radical (unpaired) electrons. The molecular weight excluding hydrogens is 228 g/mol. The highest BCUT2D eigenvalue weighted by molar-refractivity contribution is 5.07. The molecule has 2 rings (SSSR count). The molecule has 18 heavy (non-hydrogen) atoms. The Hall–Kier alpha value is -0.420. The van der Waals surface area contributed by atoms with Crippen LogP contribution >= 0.6 is 0 Å². The molecule has 0 aliphatic carbocycles. The van der Waals surface area contributed by atoms with Crippen molar-refractivity contribution in [2.75, 3.05) is 46.9 Å². The first-order chi connectivity index (χ1) is 8.81. The number of hydrogen-bond acceptors (Lipinski definition) is 4. The fourth-order valence-electron chi connectivity index (χ4n) is 2.82. The van der Waals surface area contributed by atoms with Crippen molar-refractivity contribution in [2.24, 2.45) is 0 Å². The minimum Gasteiger partial charge on any atom is -0.380 e. The van der Waals surface area contributed by atoms with Crippen LogP contribution in [0.25, 0.3) is 0 Å². The Morgan fingerprint density at radius 2 is 2.28 bits per heavy atom. The molecule has 2 aliphatic rings. The summed E-state index contributed by atoms with van der Waals surface area (Å²) in [5, 5.41) is 3.19. The van der Waals surface area contributed by atoms with E-state index in [1.807, 2.05) is 7.05 Å². The number of ether oxygens (including phenoxy) is 2. The van der Waals surface area contributed by atoms with E-state index in [-0.39, 0.29) is 0 Å². The van der Waals surface area contributed by atoms with E-state index in [1.165, 1.54) is 18.4 Å². The molecule has 2 unspecified atom stereocenters. The number of methoxy groups -OCH3 is 1. The molecule has 104 valence electrons. The first-order valence-corrected chi connectivity index (χ1v) is 7.01.